The Labute approximate surface area is 179 Å². The van der Waals surface area contributed by atoms with E-state index in [-0.39, 0.29) is 11.7 Å². The van der Waals surface area contributed by atoms with Crippen LogP contribution in [0.15, 0.2) is 42.5 Å². The van der Waals surface area contributed by atoms with E-state index in [9.17, 15) is 9.59 Å². The van der Waals surface area contributed by atoms with Crippen LogP contribution in [0.3, 0.4) is 0 Å². The molecular weight excluding hydrogens is 376 g/mol. The molecule has 5 heteroatoms. The molecule has 0 aromatic heterocycles. The minimum absolute atomic E-state index is 0.0585. The predicted molar refractivity (Wildman–Crippen MR) is 121 cm³/mol. The van der Waals surface area contributed by atoms with Gasteiger partial charge in [-0.3, -0.25) is 9.59 Å². The van der Waals surface area contributed by atoms with Crippen LogP contribution in [-0.4, -0.2) is 38.4 Å². The minimum Gasteiger partial charge on any atom is -0.496 e. The predicted octanol–water partition coefficient (Wildman–Crippen LogP) is 4.18. The SMILES string of the molecule is COc1ccccc1CCCNCCCCC(=O)c1ccc2c(c1)CCN2C(C)=O. The lowest BCUT2D eigenvalue weighted by molar-refractivity contribution is -0.116. The number of Topliss-reactive ketones (excluding diaryl/α,β-unsaturated/α-hetero) is 1. The Morgan fingerprint density at radius 3 is 2.67 bits per heavy atom. The van der Waals surface area contributed by atoms with Crippen molar-refractivity contribution in [3.05, 3.63) is 59.2 Å². The maximum absolute atomic E-state index is 12.5. The lowest BCUT2D eigenvalue weighted by Crippen LogP contribution is -2.25. The number of carbonyl (C=O) groups is 2. The number of methoxy groups -OCH3 is 1. The van der Waals surface area contributed by atoms with Gasteiger partial charge in [-0.15, -0.1) is 0 Å². The molecule has 2 aromatic rings. The van der Waals surface area contributed by atoms with E-state index >= 15 is 0 Å². The average molecular weight is 409 g/mol. The van der Waals surface area contributed by atoms with Crippen LogP contribution in [0.1, 0.15) is 54.1 Å². The molecule has 0 fully saturated rings. The molecule has 0 radical (unpaired) electrons. The summed E-state index contributed by atoms with van der Waals surface area (Å²) in [5.41, 5.74) is 4.07. The molecule has 0 atom stereocenters. The summed E-state index contributed by atoms with van der Waals surface area (Å²) in [6.07, 6.45) is 5.33. The molecule has 0 aliphatic carbocycles. The molecule has 30 heavy (non-hydrogen) atoms. The summed E-state index contributed by atoms with van der Waals surface area (Å²) in [5.74, 6) is 1.20. The second-order valence-corrected chi connectivity index (χ2v) is 7.81. The summed E-state index contributed by atoms with van der Waals surface area (Å²) in [7, 11) is 1.71. The van der Waals surface area contributed by atoms with Crippen molar-refractivity contribution in [2.24, 2.45) is 0 Å². The molecule has 3 rings (SSSR count). The summed E-state index contributed by atoms with van der Waals surface area (Å²) in [4.78, 5) is 25.9. The Morgan fingerprint density at radius 2 is 1.87 bits per heavy atom. The number of amides is 1. The molecule has 1 heterocycles. The summed E-state index contributed by atoms with van der Waals surface area (Å²) in [6, 6.07) is 13.9. The summed E-state index contributed by atoms with van der Waals surface area (Å²) >= 11 is 0. The fourth-order valence-electron chi connectivity index (χ4n) is 4.02. The molecule has 160 valence electrons. The van der Waals surface area contributed by atoms with Gasteiger partial charge in [0.15, 0.2) is 5.78 Å². The van der Waals surface area contributed by atoms with Crippen molar-refractivity contribution >= 4 is 17.4 Å². The number of ketones is 1. The van der Waals surface area contributed by atoms with E-state index in [4.69, 9.17) is 4.74 Å². The standard InChI is InChI=1S/C25H32N2O3/c1-19(28)27-17-14-21-18-22(12-13-23(21)27)24(29)10-5-6-15-26-16-7-9-20-8-3-4-11-25(20)30-2/h3-4,8,11-13,18,26H,5-7,9-10,14-17H2,1-2H3. The third-order valence-electron chi connectivity index (χ3n) is 5.68. The zero-order chi connectivity index (χ0) is 21.3. The molecule has 1 aliphatic rings. The highest BCUT2D eigenvalue weighted by molar-refractivity contribution is 5.98. The van der Waals surface area contributed by atoms with Crippen LogP contribution in [0.25, 0.3) is 0 Å². The Morgan fingerprint density at radius 1 is 1.07 bits per heavy atom. The molecule has 2 aromatic carbocycles. The minimum atomic E-state index is 0.0585. The van der Waals surface area contributed by atoms with Crippen molar-refractivity contribution in [1.29, 1.82) is 0 Å². The van der Waals surface area contributed by atoms with Gasteiger partial charge in [-0.1, -0.05) is 18.2 Å². The largest absolute Gasteiger partial charge is 0.496 e. The number of para-hydroxylation sites is 1. The lowest BCUT2D eigenvalue weighted by atomic mass is 10.0. The van der Waals surface area contributed by atoms with E-state index in [2.05, 4.69) is 11.4 Å². The van der Waals surface area contributed by atoms with Gasteiger partial charge in [-0.05, 0) is 80.6 Å². The van der Waals surface area contributed by atoms with E-state index in [1.165, 1.54) is 5.56 Å². The number of nitrogens with zero attached hydrogens (tertiary/aromatic N) is 1. The number of unbranched alkanes of at least 4 members (excludes halogenated alkanes) is 1. The third kappa shape index (κ3) is 5.70. The first-order chi connectivity index (χ1) is 14.6. The number of fused-ring (bicyclic) bond motifs is 1. The fourth-order valence-corrected chi connectivity index (χ4v) is 4.02. The molecule has 0 bridgehead atoms. The van der Waals surface area contributed by atoms with Gasteiger partial charge >= 0.3 is 0 Å². The van der Waals surface area contributed by atoms with Crippen molar-refractivity contribution in [3.8, 4) is 5.75 Å². The maximum atomic E-state index is 12.5. The first-order valence-electron chi connectivity index (χ1n) is 10.9. The molecule has 0 saturated heterocycles. The quantitative estimate of drug-likeness (QED) is 0.448. The number of ether oxygens (including phenoxy) is 1. The number of carbonyl (C=O) groups excluding carboxylic acids is 2. The highest BCUT2D eigenvalue weighted by atomic mass is 16.5. The van der Waals surface area contributed by atoms with Crippen LogP contribution in [0.2, 0.25) is 0 Å². The molecule has 1 aliphatic heterocycles. The highest BCUT2D eigenvalue weighted by Crippen LogP contribution is 2.29. The zero-order valence-corrected chi connectivity index (χ0v) is 18.1. The Balaban J connectivity index is 1.31. The summed E-state index contributed by atoms with van der Waals surface area (Å²) in [5, 5.41) is 3.47. The molecular formula is C25H32N2O3. The molecule has 1 amide bonds. The van der Waals surface area contributed by atoms with Gasteiger partial charge in [-0.2, -0.15) is 0 Å². The van der Waals surface area contributed by atoms with Crippen LogP contribution in [-0.2, 0) is 17.6 Å². The lowest BCUT2D eigenvalue weighted by Gasteiger charge is -2.14. The molecule has 1 N–H and O–H groups in total. The van der Waals surface area contributed by atoms with E-state index in [0.717, 1.165) is 67.8 Å². The van der Waals surface area contributed by atoms with Crippen LogP contribution in [0.4, 0.5) is 5.69 Å². The normalized spacial score (nSPS) is 12.7. The number of benzene rings is 2. The van der Waals surface area contributed by atoms with E-state index in [1.807, 2.05) is 36.4 Å². The number of nitrogens with one attached hydrogen (secondary N) is 1. The second-order valence-electron chi connectivity index (χ2n) is 7.81. The molecule has 5 nitrogen and oxygen atoms in total. The summed E-state index contributed by atoms with van der Waals surface area (Å²) < 4.78 is 5.38. The van der Waals surface area contributed by atoms with Crippen LogP contribution >= 0.6 is 0 Å². The van der Waals surface area contributed by atoms with Gasteiger partial charge in [0.25, 0.3) is 0 Å². The van der Waals surface area contributed by atoms with Crippen molar-refractivity contribution in [2.45, 2.75) is 45.4 Å². The second kappa shape index (κ2) is 10.9. The van der Waals surface area contributed by atoms with Gasteiger partial charge < -0.3 is 15.0 Å². The molecule has 0 saturated carbocycles. The zero-order valence-electron chi connectivity index (χ0n) is 18.1. The Kier molecular flexibility index (Phi) is 8.03. The van der Waals surface area contributed by atoms with Gasteiger partial charge in [0.1, 0.15) is 5.75 Å². The topological polar surface area (TPSA) is 58.6 Å². The van der Waals surface area contributed by atoms with Gasteiger partial charge in [0.2, 0.25) is 5.91 Å². The van der Waals surface area contributed by atoms with E-state index < -0.39 is 0 Å². The number of rotatable bonds is 11. The first-order valence-corrected chi connectivity index (χ1v) is 10.9. The van der Waals surface area contributed by atoms with E-state index in [1.54, 1.807) is 18.9 Å². The van der Waals surface area contributed by atoms with Crippen LogP contribution in [0.5, 0.6) is 5.75 Å². The number of hydrogen-bond acceptors (Lipinski definition) is 4. The molecule has 0 spiro atoms. The summed E-state index contributed by atoms with van der Waals surface area (Å²) in [6.45, 7) is 4.19. The molecule has 0 unspecified atom stereocenters. The highest BCUT2D eigenvalue weighted by Gasteiger charge is 2.22. The fraction of sp³-hybridized carbons (Fsp3) is 0.440. The monoisotopic (exact) mass is 408 g/mol. The number of aryl methyl sites for hydroxylation is 1. The van der Waals surface area contributed by atoms with Crippen LogP contribution < -0.4 is 15.0 Å². The van der Waals surface area contributed by atoms with Gasteiger partial charge in [-0.25, -0.2) is 0 Å². The van der Waals surface area contributed by atoms with E-state index in [0.29, 0.717) is 13.0 Å². The van der Waals surface area contributed by atoms with Crippen molar-refractivity contribution in [3.63, 3.8) is 0 Å². The third-order valence-corrected chi connectivity index (χ3v) is 5.68. The Hall–Kier alpha value is -2.66. The van der Waals surface area contributed by atoms with Crippen molar-refractivity contribution in [2.75, 3.05) is 31.6 Å². The first kappa shape index (κ1) is 22.0. The van der Waals surface area contributed by atoms with Crippen molar-refractivity contribution in [1.82, 2.24) is 5.32 Å². The number of anilines is 1. The smallest absolute Gasteiger partial charge is 0.223 e. The van der Waals surface area contributed by atoms with Crippen LogP contribution in [0, 0.1) is 0 Å². The average Bonchev–Trinajstić information content (AvgIpc) is 3.19. The maximum Gasteiger partial charge on any atom is 0.223 e. The Bertz CT molecular complexity index is 878. The van der Waals surface area contributed by atoms with Crippen molar-refractivity contribution < 1.29 is 14.3 Å². The van der Waals surface area contributed by atoms with Gasteiger partial charge in [0, 0.05) is 31.1 Å². The number of hydrogen-bond donors (Lipinski definition) is 1. The van der Waals surface area contributed by atoms with Gasteiger partial charge in [0.05, 0.1) is 7.11 Å².